The van der Waals surface area contributed by atoms with Crippen LogP contribution in [0.15, 0.2) is 17.1 Å². The summed E-state index contributed by atoms with van der Waals surface area (Å²) >= 11 is 4.32. The molecule has 11 heteroatoms. The van der Waals surface area contributed by atoms with Gasteiger partial charge in [-0.05, 0) is 40.9 Å². The first-order valence-corrected chi connectivity index (χ1v) is 11.0. The summed E-state index contributed by atoms with van der Waals surface area (Å²) in [7, 11) is 0.333. The van der Waals surface area contributed by atoms with Gasteiger partial charge in [0.25, 0.3) is 7.52 Å². The molecule has 0 aliphatic carbocycles. The minimum Gasteiger partial charge on any atom is -0.383 e. The lowest BCUT2D eigenvalue weighted by molar-refractivity contribution is -0.139. The summed E-state index contributed by atoms with van der Waals surface area (Å²) in [5.74, 6) is 0.169. The van der Waals surface area contributed by atoms with Gasteiger partial charge in [0.2, 0.25) is 0 Å². The number of morpholine rings is 1. The van der Waals surface area contributed by atoms with Crippen molar-refractivity contribution in [3.05, 3.63) is 22.7 Å². The van der Waals surface area contributed by atoms with Gasteiger partial charge in [-0.3, -0.25) is 14.0 Å². The van der Waals surface area contributed by atoms with Gasteiger partial charge in [-0.1, -0.05) is 0 Å². The SMILES string of the molecule is CC(C)N1C[C@@H](COP(=O)(C(C)S)N(C)C)O[C@@H](n2ccc(N)nc2=O)C1. The van der Waals surface area contributed by atoms with E-state index < -0.39 is 24.4 Å². The van der Waals surface area contributed by atoms with E-state index in [4.69, 9.17) is 15.0 Å². The second kappa shape index (κ2) is 9.07. The van der Waals surface area contributed by atoms with Gasteiger partial charge in [0.05, 0.1) is 17.7 Å². The number of hydrogen-bond donors (Lipinski definition) is 2. The molecule has 2 rings (SSSR count). The number of nitrogens with zero attached hydrogens (tertiary/aromatic N) is 4. The molecule has 1 aromatic rings. The normalized spacial score (nSPS) is 24.9. The second-order valence-corrected chi connectivity index (χ2v) is 11.3. The van der Waals surface area contributed by atoms with Gasteiger partial charge in [-0.25, -0.2) is 9.46 Å². The number of thiol groups is 1. The highest BCUT2D eigenvalue weighted by molar-refractivity contribution is 7.90. The van der Waals surface area contributed by atoms with Crippen LogP contribution in [0.3, 0.4) is 0 Å². The van der Waals surface area contributed by atoms with Gasteiger partial charge in [0.15, 0.2) is 6.23 Å². The van der Waals surface area contributed by atoms with E-state index >= 15 is 0 Å². The lowest BCUT2D eigenvalue weighted by Crippen LogP contribution is -2.51. The molecule has 0 saturated carbocycles. The molecule has 1 aromatic heterocycles. The zero-order chi connectivity index (χ0) is 20.4. The number of anilines is 1. The minimum atomic E-state index is -3.08. The third-order valence-electron chi connectivity index (χ3n) is 4.55. The summed E-state index contributed by atoms with van der Waals surface area (Å²) in [4.78, 5) is 17.7. The second-order valence-electron chi connectivity index (χ2n) is 7.14. The fourth-order valence-corrected chi connectivity index (χ4v) is 5.22. The van der Waals surface area contributed by atoms with E-state index in [1.54, 1.807) is 38.0 Å². The van der Waals surface area contributed by atoms with Crippen molar-refractivity contribution < 1.29 is 13.8 Å². The maximum atomic E-state index is 13.0. The maximum Gasteiger partial charge on any atom is 0.351 e. The first-order chi connectivity index (χ1) is 12.5. The van der Waals surface area contributed by atoms with E-state index in [1.165, 1.54) is 4.57 Å². The molecule has 4 atom stereocenters. The highest BCUT2D eigenvalue weighted by Crippen LogP contribution is 2.55. The average Bonchev–Trinajstić information content (AvgIpc) is 2.58. The molecule has 2 unspecified atom stereocenters. The maximum absolute atomic E-state index is 13.0. The van der Waals surface area contributed by atoms with Crippen molar-refractivity contribution >= 4 is 26.0 Å². The molecule has 154 valence electrons. The van der Waals surface area contributed by atoms with Crippen LogP contribution in [0.2, 0.25) is 0 Å². The number of ether oxygens (including phenoxy) is 1. The lowest BCUT2D eigenvalue weighted by atomic mass is 10.2. The van der Waals surface area contributed by atoms with E-state index in [0.29, 0.717) is 13.1 Å². The number of nitrogens with two attached hydrogens (primary N) is 1. The average molecular weight is 419 g/mol. The Morgan fingerprint density at radius 3 is 2.63 bits per heavy atom. The Morgan fingerprint density at radius 2 is 2.11 bits per heavy atom. The summed E-state index contributed by atoms with van der Waals surface area (Å²) in [6, 6.07) is 1.81. The zero-order valence-electron chi connectivity index (χ0n) is 16.5. The van der Waals surface area contributed by atoms with Crippen molar-refractivity contribution in [2.24, 2.45) is 0 Å². The van der Waals surface area contributed by atoms with Crippen LogP contribution in [0.1, 0.15) is 27.0 Å². The van der Waals surface area contributed by atoms with Gasteiger partial charge < -0.3 is 15.0 Å². The predicted molar refractivity (Wildman–Crippen MR) is 109 cm³/mol. The van der Waals surface area contributed by atoms with Gasteiger partial charge >= 0.3 is 5.69 Å². The Balaban J connectivity index is 2.19. The van der Waals surface area contributed by atoms with Gasteiger partial charge in [-0.2, -0.15) is 17.6 Å². The molecule has 2 heterocycles. The summed E-state index contributed by atoms with van der Waals surface area (Å²) < 4.78 is 27.8. The highest BCUT2D eigenvalue weighted by Gasteiger charge is 2.36. The first-order valence-electron chi connectivity index (χ1n) is 8.89. The third kappa shape index (κ3) is 5.34. The smallest absolute Gasteiger partial charge is 0.351 e. The highest BCUT2D eigenvalue weighted by atomic mass is 32.1. The zero-order valence-corrected chi connectivity index (χ0v) is 18.3. The van der Waals surface area contributed by atoms with Crippen molar-refractivity contribution in [2.75, 3.05) is 39.5 Å². The molecule has 27 heavy (non-hydrogen) atoms. The molecule has 1 aliphatic heterocycles. The van der Waals surface area contributed by atoms with E-state index in [0.717, 1.165) is 0 Å². The fraction of sp³-hybridized carbons (Fsp3) is 0.750. The van der Waals surface area contributed by atoms with Crippen LogP contribution in [-0.4, -0.2) is 70.0 Å². The molecule has 1 fully saturated rings. The van der Waals surface area contributed by atoms with Crippen LogP contribution in [0.5, 0.6) is 0 Å². The Labute approximate surface area is 165 Å². The van der Waals surface area contributed by atoms with Gasteiger partial charge in [0.1, 0.15) is 5.82 Å². The lowest BCUT2D eigenvalue weighted by Gasteiger charge is -2.41. The summed E-state index contributed by atoms with van der Waals surface area (Å²) in [5, 5.41) is 0. The van der Waals surface area contributed by atoms with Crippen LogP contribution in [-0.2, 0) is 13.8 Å². The van der Waals surface area contributed by atoms with E-state index in [2.05, 4.69) is 36.4 Å². The minimum absolute atomic E-state index is 0.136. The van der Waals surface area contributed by atoms with Crippen LogP contribution in [0.25, 0.3) is 0 Å². The van der Waals surface area contributed by atoms with Crippen molar-refractivity contribution in [3.63, 3.8) is 0 Å². The third-order valence-corrected chi connectivity index (χ3v) is 8.00. The summed E-state index contributed by atoms with van der Waals surface area (Å²) in [6.07, 6.45) is 0.705. The van der Waals surface area contributed by atoms with Crippen molar-refractivity contribution in [2.45, 2.75) is 44.1 Å². The molecule has 1 aliphatic rings. The summed E-state index contributed by atoms with van der Waals surface area (Å²) in [6.45, 7) is 7.18. The molecule has 9 nitrogen and oxygen atoms in total. The van der Waals surface area contributed by atoms with Crippen LogP contribution < -0.4 is 11.4 Å². The monoisotopic (exact) mass is 419 g/mol. The largest absolute Gasteiger partial charge is 0.383 e. The van der Waals surface area contributed by atoms with Crippen molar-refractivity contribution in [3.8, 4) is 0 Å². The fourth-order valence-electron chi connectivity index (χ4n) is 2.90. The molecule has 0 spiro atoms. The van der Waals surface area contributed by atoms with E-state index in [9.17, 15) is 9.36 Å². The molecular formula is C16H30N5O4PS. The van der Waals surface area contributed by atoms with Gasteiger partial charge in [0, 0.05) is 25.3 Å². The molecular weight excluding hydrogens is 389 g/mol. The predicted octanol–water partition coefficient (Wildman–Crippen LogP) is 1.48. The van der Waals surface area contributed by atoms with Gasteiger partial charge in [-0.15, -0.1) is 0 Å². The van der Waals surface area contributed by atoms with E-state index in [1.807, 2.05) is 0 Å². The molecule has 0 bridgehead atoms. The van der Waals surface area contributed by atoms with E-state index in [-0.39, 0.29) is 24.6 Å². The number of hydrogen-bond acceptors (Lipinski definition) is 8. The van der Waals surface area contributed by atoms with Crippen molar-refractivity contribution in [1.29, 1.82) is 0 Å². The number of aromatic nitrogens is 2. The Kier molecular flexibility index (Phi) is 7.52. The van der Waals surface area contributed by atoms with Crippen LogP contribution >= 0.6 is 20.1 Å². The molecule has 0 radical (unpaired) electrons. The molecule has 2 N–H and O–H groups in total. The summed E-state index contributed by atoms with van der Waals surface area (Å²) in [5.41, 5.74) is 5.11. The molecule has 1 saturated heterocycles. The first kappa shape index (κ1) is 22.4. The van der Waals surface area contributed by atoms with Crippen LogP contribution in [0, 0.1) is 0 Å². The molecule has 0 amide bonds. The van der Waals surface area contributed by atoms with Crippen molar-refractivity contribution in [1.82, 2.24) is 19.1 Å². The standard InChI is InChI=1S/C16H30N5O4PS/c1-11(2)20-8-13(10-24-26(23,12(3)27)19(4)5)25-15(9-20)21-7-6-14(17)18-16(21)22/h6-7,11-13,15,27H,8-10H2,1-5H3,(H2,17,18,22)/t12?,13-,15+,26?/m0/s1. The topological polar surface area (TPSA) is 103 Å². The Bertz CT molecular complexity index is 730. The number of rotatable bonds is 7. The van der Waals surface area contributed by atoms with Crippen LogP contribution in [0.4, 0.5) is 5.82 Å². The quantitative estimate of drug-likeness (QED) is 0.506. The Morgan fingerprint density at radius 1 is 1.44 bits per heavy atom. The molecule has 0 aromatic carbocycles. The number of nitrogen functional groups attached to an aromatic ring is 1. The Hall–Kier alpha value is -0.900.